The van der Waals surface area contributed by atoms with E-state index in [1.165, 1.54) is 4.88 Å². The van der Waals surface area contributed by atoms with E-state index in [1.54, 1.807) is 29.7 Å². The summed E-state index contributed by atoms with van der Waals surface area (Å²) in [5.41, 5.74) is 3.69. The highest BCUT2D eigenvalue weighted by molar-refractivity contribution is 9.10. The number of amides is 1. The lowest BCUT2D eigenvalue weighted by Crippen LogP contribution is -2.27. The Morgan fingerprint density at radius 2 is 1.95 bits per heavy atom. The summed E-state index contributed by atoms with van der Waals surface area (Å²) in [5, 5.41) is 4.38. The minimum atomic E-state index is -0.143. The summed E-state index contributed by atoms with van der Waals surface area (Å²) < 4.78 is 7.03. The van der Waals surface area contributed by atoms with Gasteiger partial charge in [-0.15, -0.1) is 11.3 Å². The van der Waals surface area contributed by atoms with Gasteiger partial charge in [0.2, 0.25) is 0 Å². The number of furan rings is 1. The van der Waals surface area contributed by atoms with Gasteiger partial charge in [0.15, 0.2) is 0 Å². The van der Waals surface area contributed by atoms with Crippen LogP contribution in [0.4, 0.5) is 10.7 Å². The third-order valence-electron chi connectivity index (χ3n) is 6.85. The van der Waals surface area contributed by atoms with Crippen LogP contribution in [0.5, 0.6) is 0 Å². The first-order valence-corrected chi connectivity index (χ1v) is 14.3. The van der Waals surface area contributed by atoms with Crippen LogP contribution in [0.3, 0.4) is 0 Å². The number of thiophene rings is 1. The summed E-state index contributed by atoms with van der Waals surface area (Å²) in [6, 6.07) is 19.0. The Balaban J connectivity index is 1.46. The molecule has 0 aliphatic heterocycles. The molecule has 2 aromatic carbocycles. The summed E-state index contributed by atoms with van der Waals surface area (Å²) >= 11 is 11.2. The van der Waals surface area contributed by atoms with Crippen molar-refractivity contribution in [2.24, 2.45) is 16.3 Å². The molecule has 0 fully saturated rings. The molecule has 2 heterocycles. The predicted octanol–water partition coefficient (Wildman–Crippen LogP) is 9.58. The predicted molar refractivity (Wildman–Crippen MR) is 158 cm³/mol. The smallest absolute Gasteiger partial charge is 0.259 e. The van der Waals surface area contributed by atoms with Gasteiger partial charge in [0.25, 0.3) is 5.91 Å². The molecule has 0 bridgehead atoms. The van der Waals surface area contributed by atoms with Crippen LogP contribution < -0.4 is 5.32 Å². The first-order chi connectivity index (χ1) is 17.7. The van der Waals surface area contributed by atoms with Crippen molar-refractivity contribution >= 4 is 61.7 Å². The highest BCUT2D eigenvalue weighted by atomic mass is 79.9. The van der Waals surface area contributed by atoms with Gasteiger partial charge in [-0.05, 0) is 84.7 Å². The molecule has 190 valence electrons. The van der Waals surface area contributed by atoms with Gasteiger partial charge in [-0.25, -0.2) is 4.99 Å². The van der Waals surface area contributed by atoms with Crippen LogP contribution in [0.1, 0.15) is 53.8 Å². The SMILES string of the molecule is CC(C)(C)[C@@H]1CCc2c(sc(N=Cc3ccc(-c4cccc(Br)c4)o3)c2C(=O)Nc2ccc(Cl)cc2)C1. The van der Waals surface area contributed by atoms with Crippen LogP contribution in [-0.2, 0) is 12.8 Å². The number of halogens is 2. The lowest BCUT2D eigenvalue weighted by molar-refractivity contribution is 0.102. The Labute approximate surface area is 234 Å². The van der Waals surface area contributed by atoms with Crippen LogP contribution >= 0.6 is 38.9 Å². The highest BCUT2D eigenvalue weighted by Gasteiger charge is 2.33. The lowest BCUT2D eigenvalue weighted by atomic mass is 9.72. The molecule has 1 amide bonds. The molecule has 1 N–H and O–H groups in total. The molecule has 0 saturated heterocycles. The average Bonchev–Trinajstić information content (AvgIpc) is 3.47. The second kappa shape index (κ2) is 10.6. The van der Waals surface area contributed by atoms with E-state index in [1.807, 2.05) is 48.5 Å². The minimum absolute atomic E-state index is 0.143. The van der Waals surface area contributed by atoms with Crippen LogP contribution in [0.2, 0.25) is 5.02 Å². The Bertz CT molecular complexity index is 1460. The first kappa shape index (κ1) is 26.0. The molecular formula is C30H28BrClN2O2S. The number of nitrogens with zero attached hydrogens (tertiary/aromatic N) is 1. The molecule has 1 aliphatic rings. The summed E-state index contributed by atoms with van der Waals surface area (Å²) in [6.45, 7) is 6.88. The number of rotatable bonds is 5. The first-order valence-electron chi connectivity index (χ1n) is 12.3. The summed E-state index contributed by atoms with van der Waals surface area (Å²) in [7, 11) is 0. The van der Waals surface area contributed by atoms with E-state index in [9.17, 15) is 4.79 Å². The number of carbonyl (C=O) groups excluding carboxylic acids is 1. The maximum atomic E-state index is 13.5. The Morgan fingerprint density at radius 1 is 1.16 bits per heavy atom. The second-order valence-electron chi connectivity index (χ2n) is 10.4. The second-order valence-corrected chi connectivity index (χ2v) is 12.9. The number of anilines is 1. The van der Waals surface area contributed by atoms with Gasteiger partial charge in [0.1, 0.15) is 16.5 Å². The Morgan fingerprint density at radius 3 is 2.68 bits per heavy atom. The van der Waals surface area contributed by atoms with Gasteiger partial charge >= 0.3 is 0 Å². The average molecular weight is 596 g/mol. The third kappa shape index (κ3) is 5.92. The summed E-state index contributed by atoms with van der Waals surface area (Å²) in [6.07, 6.45) is 4.61. The van der Waals surface area contributed by atoms with Crippen molar-refractivity contribution in [3.8, 4) is 11.3 Å². The molecule has 4 nitrogen and oxygen atoms in total. The topological polar surface area (TPSA) is 54.6 Å². The van der Waals surface area contributed by atoms with Crippen molar-refractivity contribution in [2.45, 2.75) is 40.0 Å². The van der Waals surface area contributed by atoms with Gasteiger partial charge in [0, 0.05) is 25.6 Å². The van der Waals surface area contributed by atoms with Crippen molar-refractivity contribution in [1.82, 2.24) is 0 Å². The zero-order valence-electron chi connectivity index (χ0n) is 21.0. The van der Waals surface area contributed by atoms with E-state index in [-0.39, 0.29) is 11.3 Å². The van der Waals surface area contributed by atoms with Crippen molar-refractivity contribution in [3.05, 3.63) is 91.9 Å². The molecule has 1 aliphatic carbocycles. The number of aliphatic imine (C=N–C) groups is 1. The summed E-state index contributed by atoms with van der Waals surface area (Å²) in [5.74, 6) is 1.83. The number of fused-ring (bicyclic) bond motifs is 1. The number of benzene rings is 2. The van der Waals surface area contributed by atoms with Crippen molar-refractivity contribution in [3.63, 3.8) is 0 Å². The van der Waals surface area contributed by atoms with Crippen molar-refractivity contribution in [2.75, 3.05) is 5.32 Å². The van der Waals surface area contributed by atoms with Crippen LogP contribution in [-0.4, -0.2) is 12.1 Å². The summed E-state index contributed by atoms with van der Waals surface area (Å²) in [4.78, 5) is 19.6. The Hall–Kier alpha value is -2.67. The van der Waals surface area contributed by atoms with Gasteiger partial charge in [-0.2, -0.15) is 0 Å². The zero-order valence-corrected chi connectivity index (χ0v) is 24.1. The molecule has 0 spiro atoms. The van der Waals surface area contributed by atoms with E-state index < -0.39 is 0 Å². The molecule has 1 atom stereocenters. The maximum absolute atomic E-state index is 13.5. The van der Waals surface area contributed by atoms with E-state index in [4.69, 9.17) is 21.0 Å². The Kier molecular flexibility index (Phi) is 7.44. The number of hydrogen-bond acceptors (Lipinski definition) is 4. The molecule has 0 radical (unpaired) electrons. The molecular weight excluding hydrogens is 568 g/mol. The number of nitrogens with one attached hydrogen (secondary N) is 1. The standard InChI is InChI=1S/C30H28BrClN2O2S/c1-30(2,3)19-7-13-24-26(16-19)37-29(27(24)28(35)34-22-10-8-21(32)9-11-22)33-17-23-12-14-25(36-23)18-5-4-6-20(31)15-18/h4-6,8-12,14-15,17,19H,7,13,16H2,1-3H3,(H,34,35)/t19-/m1/s1. The van der Waals surface area contributed by atoms with Gasteiger partial charge in [-0.1, -0.05) is 60.4 Å². The van der Waals surface area contributed by atoms with E-state index in [0.29, 0.717) is 33.0 Å². The quantitative estimate of drug-likeness (QED) is 0.234. The highest BCUT2D eigenvalue weighted by Crippen LogP contribution is 2.45. The molecule has 0 saturated carbocycles. The van der Waals surface area contributed by atoms with Gasteiger partial charge in [0.05, 0.1) is 11.8 Å². The molecule has 37 heavy (non-hydrogen) atoms. The molecule has 4 aromatic rings. The molecule has 5 rings (SSSR count). The van der Waals surface area contributed by atoms with Crippen LogP contribution in [0.15, 0.2) is 74.5 Å². The maximum Gasteiger partial charge on any atom is 0.259 e. The number of carbonyl (C=O) groups is 1. The van der Waals surface area contributed by atoms with Crippen molar-refractivity contribution < 1.29 is 9.21 Å². The fourth-order valence-electron chi connectivity index (χ4n) is 4.70. The van der Waals surface area contributed by atoms with Gasteiger partial charge in [-0.3, -0.25) is 4.79 Å². The molecule has 7 heteroatoms. The molecule has 0 unspecified atom stereocenters. The van der Waals surface area contributed by atoms with Crippen molar-refractivity contribution in [1.29, 1.82) is 0 Å². The van der Waals surface area contributed by atoms with Crippen LogP contribution in [0, 0.1) is 11.3 Å². The minimum Gasteiger partial charge on any atom is -0.455 e. The van der Waals surface area contributed by atoms with E-state index >= 15 is 0 Å². The fourth-order valence-corrected chi connectivity index (χ4v) is 6.50. The normalized spacial score (nSPS) is 15.6. The van der Waals surface area contributed by atoms with Crippen LogP contribution in [0.25, 0.3) is 11.3 Å². The number of hydrogen-bond donors (Lipinski definition) is 1. The zero-order chi connectivity index (χ0) is 26.2. The van der Waals surface area contributed by atoms with E-state index in [2.05, 4.69) is 42.0 Å². The third-order valence-corrected chi connectivity index (χ3v) is 8.75. The fraction of sp³-hybridized carbons (Fsp3) is 0.267. The van der Waals surface area contributed by atoms with Gasteiger partial charge < -0.3 is 9.73 Å². The monoisotopic (exact) mass is 594 g/mol. The largest absolute Gasteiger partial charge is 0.455 e. The molecule has 2 aromatic heterocycles. The van der Waals surface area contributed by atoms with E-state index in [0.717, 1.165) is 40.6 Å². The lowest BCUT2D eigenvalue weighted by Gasteiger charge is -2.33.